The standard InChI is InChI=1S/C14H18N4O6/c1-3-4-5-6-12(14(19)24-2)16-15-11-8-7-10(17(20)21)9-13(11)18(22)23/h7-9,15H,3-6H2,1-2H3. The molecule has 10 nitrogen and oxygen atoms in total. The van der Waals surface area contributed by atoms with Gasteiger partial charge in [-0.1, -0.05) is 19.8 Å². The molecule has 0 saturated heterocycles. The van der Waals surface area contributed by atoms with Crippen molar-refractivity contribution >= 4 is 28.7 Å². The second kappa shape index (κ2) is 9.18. The van der Waals surface area contributed by atoms with Gasteiger partial charge in [-0.05, 0) is 18.9 Å². The van der Waals surface area contributed by atoms with Gasteiger partial charge in [0.1, 0.15) is 11.4 Å². The molecule has 130 valence electrons. The number of non-ortho nitro benzene ring substituents is 1. The third-order valence-corrected chi connectivity index (χ3v) is 3.14. The average Bonchev–Trinajstić information content (AvgIpc) is 2.56. The summed E-state index contributed by atoms with van der Waals surface area (Å²) in [6.45, 7) is 2.01. The van der Waals surface area contributed by atoms with E-state index in [0.29, 0.717) is 12.8 Å². The van der Waals surface area contributed by atoms with E-state index in [4.69, 9.17) is 0 Å². The lowest BCUT2D eigenvalue weighted by molar-refractivity contribution is -0.393. The Bertz CT molecular complexity index is 659. The molecule has 0 spiro atoms. The van der Waals surface area contributed by atoms with Crippen LogP contribution >= 0.6 is 0 Å². The molecule has 0 aliphatic heterocycles. The highest BCUT2D eigenvalue weighted by Crippen LogP contribution is 2.29. The molecule has 1 aromatic rings. The van der Waals surface area contributed by atoms with Crippen LogP contribution in [0.1, 0.15) is 32.6 Å². The van der Waals surface area contributed by atoms with Crippen LogP contribution in [0.3, 0.4) is 0 Å². The largest absolute Gasteiger partial charge is 0.464 e. The summed E-state index contributed by atoms with van der Waals surface area (Å²) < 4.78 is 4.63. The quantitative estimate of drug-likeness (QED) is 0.240. The van der Waals surface area contributed by atoms with E-state index in [0.717, 1.165) is 25.0 Å². The number of hydrogen-bond donors (Lipinski definition) is 1. The number of rotatable bonds is 9. The highest BCUT2D eigenvalue weighted by Gasteiger charge is 2.20. The van der Waals surface area contributed by atoms with E-state index < -0.39 is 27.2 Å². The Hall–Kier alpha value is -3.04. The molecule has 0 aliphatic rings. The molecule has 0 atom stereocenters. The molecule has 1 aromatic carbocycles. The minimum Gasteiger partial charge on any atom is -0.464 e. The molecule has 0 saturated carbocycles. The minimum atomic E-state index is -0.764. The molecule has 0 fully saturated rings. The summed E-state index contributed by atoms with van der Waals surface area (Å²) in [7, 11) is 1.21. The van der Waals surface area contributed by atoms with Crippen LogP contribution < -0.4 is 5.43 Å². The van der Waals surface area contributed by atoms with Crippen molar-refractivity contribution in [1.29, 1.82) is 0 Å². The summed E-state index contributed by atoms with van der Waals surface area (Å²) in [5.74, 6) is -0.636. The molecular weight excluding hydrogens is 320 g/mol. The second-order valence-electron chi connectivity index (χ2n) is 4.83. The number of methoxy groups -OCH3 is 1. The van der Waals surface area contributed by atoms with E-state index in [1.165, 1.54) is 13.2 Å². The van der Waals surface area contributed by atoms with Gasteiger partial charge in [-0.25, -0.2) is 4.79 Å². The number of nitro groups is 2. The molecular formula is C14H18N4O6. The van der Waals surface area contributed by atoms with Gasteiger partial charge in [0.25, 0.3) is 5.69 Å². The monoisotopic (exact) mass is 338 g/mol. The molecule has 10 heteroatoms. The number of carbonyl (C=O) groups excluding carboxylic acids is 1. The second-order valence-corrected chi connectivity index (χ2v) is 4.83. The van der Waals surface area contributed by atoms with Crippen molar-refractivity contribution in [1.82, 2.24) is 0 Å². The van der Waals surface area contributed by atoms with Crippen molar-refractivity contribution in [3.63, 3.8) is 0 Å². The third-order valence-electron chi connectivity index (χ3n) is 3.14. The normalized spacial score (nSPS) is 11.0. The van der Waals surface area contributed by atoms with E-state index in [1.807, 2.05) is 6.92 Å². The summed E-state index contributed by atoms with van der Waals surface area (Å²) in [5.41, 5.74) is 1.55. The zero-order valence-corrected chi connectivity index (χ0v) is 13.4. The Morgan fingerprint density at radius 1 is 1.25 bits per heavy atom. The van der Waals surface area contributed by atoms with E-state index in [9.17, 15) is 25.0 Å². The number of nitrogens with zero attached hydrogens (tertiary/aromatic N) is 3. The van der Waals surface area contributed by atoms with Crippen molar-refractivity contribution < 1.29 is 19.4 Å². The van der Waals surface area contributed by atoms with Crippen molar-refractivity contribution in [3.05, 3.63) is 38.4 Å². The molecule has 0 aliphatic carbocycles. The lowest BCUT2D eigenvalue weighted by atomic mass is 10.1. The molecule has 24 heavy (non-hydrogen) atoms. The van der Waals surface area contributed by atoms with Gasteiger partial charge in [-0.2, -0.15) is 5.10 Å². The van der Waals surface area contributed by atoms with Crippen molar-refractivity contribution in [3.8, 4) is 0 Å². The van der Waals surface area contributed by atoms with Gasteiger partial charge < -0.3 is 4.74 Å². The van der Waals surface area contributed by atoms with Gasteiger partial charge in [0, 0.05) is 6.07 Å². The molecule has 0 unspecified atom stereocenters. The fourth-order valence-corrected chi connectivity index (χ4v) is 1.87. The molecule has 0 radical (unpaired) electrons. The highest BCUT2D eigenvalue weighted by molar-refractivity contribution is 6.36. The highest BCUT2D eigenvalue weighted by atomic mass is 16.6. The van der Waals surface area contributed by atoms with Gasteiger partial charge in [0.15, 0.2) is 0 Å². The number of hydrogen-bond acceptors (Lipinski definition) is 8. The third kappa shape index (κ3) is 5.30. The lowest BCUT2D eigenvalue weighted by Gasteiger charge is -2.06. The minimum absolute atomic E-state index is 0.0532. The van der Waals surface area contributed by atoms with Crippen molar-refractivity contribution in [2.75, 3.05) is 12.5 Å². The Labute approximate surface area is 137 Å². The molecule has 0 aromatic heterocycles. The smallest absolute Gasteiger partial charge is 0.354 e. The number of carbonyl (C=O) groups is 1. The predicted molar refractivity (Wildman–Crippen MR) is 87.0 cm³/mol. The summed E-state index contributed by atoms with van der Waals surface area (Å²) in [4.78, 5) is 31.9. The summed E-state index contributed by atoms with van der Waals surface area (Å²) in [6, 6.07) is 3.10. The predicted octanol–water partition coefficient (Wildman–Crippen LogP) is 3.02. The Balaban J connectivity index is 3.05. The summed E-state index contributed by atoms with van der Waals surface area (Å²) >= 11 is 0. The first-order valence-corrected chi connectivity index (χ1v) is 7.24. The molecule has 0 heterocycles. The SMILES string of the molecule is CCCCCC(=NNc1ccc([N+](=O)[O-])cc1[N+](=O)[O-])C(=O)OC. The maximum atomic E-state index is 11.7. The molecule has 0 amide bonds. The summed E-state index contributed by atoms with van der Waals surface area (Å²) in [6.07, 6.45) is 2.92. The van der Waals surface area contributed by atoms with Gasteiger partial charge in [-0.3, -0.25) is 25.7 Å². The fraction of sp³-hybridized carbons (Fsp3) is 0.429. The van der Waals surface area contributed by atoms with Crippen LogP contribution in [0, 0.1) is 20.2 Å². The number of unbranched alkanes of at least 4 members (excludes halogenated alkanes) is 2. The van der Waals surface area contributed by atoms with Crippen molar-refractivity contribution in [2.45, 2.75) is 32.6 Å². The fourth-order valence-electron chi connectivity index (χ4n) is 1.87. The number of esters is 1. The number of nitro benzene ring substituents is 2. The average molecular weight is 338 g/mol. The lowest BCUT2D eigenvalue weighted by Crippen LogP contribution is -2.17. The van der Waals surface area contributed by atoms with Crippen LogP contribution in [0.25, 0.3) is 0 Å². The zero-order valence-electron chi connectivity index (χ0n) is 13.4. The van der Waals surface area contributed by atoms with E-state index in [1.54, 1.807) is 0 Å². The van der Waals surface area contributed by atoms with Gasteiger partial charge in [0.2, 0.25) is 0 Å². The number of benzene rings is 1. The van der Waals surface area contributed by atoms with Gasteiger partial charge >= 0.3 is 11.7 Å². The van der Waals surface area contributed by atoms with E-state index >= 15 is 0 Å². The Morgan fingerprint density at radius 3 is 2.50 bits per heavy atom. The Morgan fingerprint density at radius 2 is 1.96 bits per heavy atom. The van der Waals surface area contributed by atoms with Crippen LogP contribution in [0.2, 0.25) is 0 Å². The van der Waals surface area contributed by atoms with E-state index in [-0.39, 0.29) is 11.4 Å². The number of nitrogens with one attached hydrogen (secondary N) is 1. The summed E-state index contributed by atoms with van der Waals surface area (Å²) in [5, 5.41) is 25.6. The Kier molecular flexibility index (Phi) is 7.27. The first kappa shape index (κ1) is 19.0. The molecule has 1 rings (SSSR count). The number of anilines is 1. The zero-order chi connectivity index (χ0) is 18.1. The maximum Gasteiger partial charge on any atom is 0.354 e. The van der Waals surface area contributed by atoms with Gasteiger partial charge in [-0.15, -0.1) is 0 Å². The van der Waals surface area contributed by atoms with Crippen LogP contribution in [0.5, 0.6) is 0 Å². The van der Waals surface area contributed by atoms with Crippen molar-refractivity contribution in [2.24, 2.45) is 5.10 Å². The van der Waals surface area contributed by atoms with Crippen LogP contribution in [0.4, 0.5) is 17.1 Å². The van der Waals surface area contributed by atoms with Crippen LogP contribution in [-0.2, 0) is 9.53 Å². The number of hydrazone groups is 1. The number of ether oxygens (including phenoxy) is 1. The van der Waals surface area contributed by atoms with E-state index in [2.05, 4.69) is 15.3 Å². The van der Waals surface area contributed by atoms with Gasteiger partial charge in [0.05, 0.1) is 23.0 Å². The van der Waals surface area contributed by atoms with Crippen LogP contribution in [0.15, 0.2) is 23.3 Å². The first-order valence-electron chi connectivity index (χ1n) is 7.24. The molecule has 1 N–H and O–H groups in total. The first-order chi connectivity index (χ1) is 11.4. The van der Waals surface area contributed by atoms with Crippen LogP contribution in [-0.4, -0.2) is 28.6 Å². The molecule has 0 bridgehead atoms. The maximum absolute atomic E-state index is 11.7. The topological polar surface area (TPSA) is 137 Å².